The van der Waals surface area contributed by atoms with Gasteiger partial charge >= 0.3 is 0 Å². The summed E-state index contributed by atoms with van der Waals surface area (Å²) in [6, 6.07) is 8.58. The molecule has 2 aromatic rings. The molecule has 9 heteroatoms. The second-order valence-corrected chi connectivity index (χ2v) is 7.31. The molecule has 3 rings (SSSR count). The van der Waals surface area contributed by atoms with Crippen LogP contribution in [0.15, 0.2) is 36.4 Å². The highest BCUT2D eigenvalue weighted by atomic mass is 35.5. The van der Waals surface area contributed by atoms with Crippen molar-refractivity contribution in [3.05, 3.63) is 63.9 Å². The molecule has 7 nitrogen and oxygen atoms in total. The van der Waals surface area contributed by atoms with Gasteiger partial charge in [-0.25, -0.2) is 4.39 Å². The minimum absolute atomic E-state index is 0.203. The third kappa shape index (κ3) is 3.97. The molecule has 0 bridgehead atoms. The zero-order valence-corrected chi connectivity index (χ0v) is 16.3. The first-order valence-electron chi connectivity index (χ1n) is 8.87. The average Bonchev–Trinajstić information content (AvgIpc) is 2.71. The minimum atomic E-state index is -1.87. The standard InChI is InChI=1S/C20H22ClFO7/c1-28-20(19(27)18(26)17(25)16(9-23)29-20)12-3-4-13(21)11(8-12)6-10-2-5-15(24)14(22)7-10/h2-5,7-8,16-19,23-27H,6,9H2,1H3/t16-,17-,18+,19-,20+/m1/s1. The van der Waals surface area contributed by atoms with E-state index in [0.717, 1.165) is 0 Å². The third-order valence-electron chi connectivity index (χ3n) is 5.11. The summed E-state index contributed by atoms with van der Waals surface area (Å²) in [5.74, 6) is -3.10. The molecule has 0 saturated carbocycles. The van der Waals surface area contributed by atoms with Crippen molar-refractivity contribution in [1.82, 2.24) is 0 Å². The van der Waals surface area contributed by atoms with Gasteiger partial charge in [0.1, 0.15) is 24.4 Å². The van der Waals surface area contributed by atoms with Gasteiger partial charge in [0.2, 0.25) is 5.79 Å². The van der Waals surface area contributed by atoms with E-state index in [1.54, 1.807) is 12.1 Å². The zero-order valence-electron chi connectivity index (χ0n) is 15.5. The van der Waals surface area contributed by atoms with Crippen LogP contribution >= 0.6 is 11.6 Å². The number of aliphatic hydroxyl groups excluding tert-OH is 4. The maximum absolute atomic E-state index is 13.7. The van der Waals surface area contributed by atoms with Crippen LogP contribution in [0.5, 0.6) is 5.75 Å². The fraction of sp³-hybridized carbons (Fsp3) is 0.400. The van der Waals surface area contributed by atoms with E-state index < -0.39 is 48.4 Å². The van der Waals surface area contributed by atoms with Gasteiger partial charge in [0.15, 0.2) is 11.6 Å². The third-order valence-corrected chi connectivity index (χ3v) is 5.48. The van der Waals surface area contributed by atoms with E-state index in [4.69, 9.17) is 21.1 Å². The molecule has 0 aromatic heterocycles. The molecule has 1 saturated heterocycles. The smallest absolute Gasteiger partial charge is 0.224 e. The van der Waals surface area contributed by atoms with Gasteiger partial charge in [-0.1, -0.05) is 23.7 Å². The number of methoxy groups -OCH3 is 1. The summed E-state index contributed by atoms with van der Waals surface area (Å²) in [6.45, 7) is -0.608. The van der Waals surface area contributed by atoms with Crippen molar-refractivity contribution in [1.29, 1.82) is 0 Å². The molecule has 1 aliphatic rings. The number of aliphatic hydroxyl groups is 4. The van der Waals surface area contributed by atoms with Crippen LogP contribution in [0.1, 0.15) is 16.7 Å². The largest absolute Gasteiger partial charge is 0.505 e. The summed E-state index contributed by atoms with van der Waals surface area (Å²) in [5.41, 5.74) is 1.37. The van der Waals surface area contributed by atoms with E-state index in [2.05, 4.69) is 0 Å². The van der Waals surface area contributed by atoms with Gasteiger partial charge in [-0.05, 0) is 41.8 Å². The van der Waals surface area contributed by atoms with Crippen molar-refractivity contribution in [2.45, 2.75) is 36.6 Å². The first kappa shape index (κ1) is 21.9. The number of halogens is 2. The van der Waals surface area contributed by atoms with Crippen molar-refractivity contribution in [3.8, 4) is 5.75 Å². The second kappa shape index (κ2) is 8.53. The fourth-order valence-electron chi connectivity index (χ4n) is 3.47. The molecular formula is C20H22ClFO7. The minimum Gasteiger partial charge on any atom is -0.505 e. The molecular weight excluding hydrogens is 407 g/mol. The number of hydrogen-bond acceptors (Lipinski definition) is 7. The van der Waals surface area contributed by atoms with Crippen molar-refractivity contribution in [2.24, 2.45) is 0 Å². The Morgan fingerprint density at radius 3 is 2.48 bits per heavy atom. The van der Waals surface area contributed by atoms with Crippen LogP contribution in [-0.2, 0) is 21.7 Å². The Kier molecular flexibility index (Phi) is 6.45. The highest BCUT2D eigenvalue weighted by Gasteiger charge is 2.55. The molecule has 5 N–H and O–H groups in total. The number of aromatic hydroxyl groups is 1. The molecule has 0 unspecified atom stereocenters. The summed E-state index contributed by atoms with van der Waals surface area (Å²) >= 11 is 6.27. The van der Waals surface area contributed by atoms with Crippen LogP contribution in [0.25, 0.3) is 0 Å². The van der Waals surface area contributed by atoms with Crippen LogP contribution in [0.2, 0.25) is 5.02 Å². The summed E-state index contributed by atoms with van der Waals surface area (Å²) in [7, 11) is 1.26. The molecule has 5 atom stereocenters. The van der Waals surface area contributed by atoms with Crippen LogP contribution in [0.4, 0.5) is 4.39 Å². The Balaban J connectivity index is 2.01. The topological polar surface area (TPSA) is 120 Å². The second-order valence-electron chi connectivity index (χ2n) is 6.91. The normalized spacial score (nSPS) is 29.8. The predicted octanol–water partition coefficient (Wildman–Crippen LogP) is 1.05. The lowest BCUT2D eigenvalue weighted by Crippen LogP contribution is -2.64. The van der Waals surface area contributed by atoms with E-state index in [-0.39, 0.29) is 12.0 Å². The molecule has 0 spiro atoms. The molecule has 1 heterocycles. The van der Waals surface area contributed by atoms with Gasteiger partial charge in [-0.2, -0.15) is 0 Å². The van der Waals surface area contributed by atoms with Crippen LogP contribution in [0.3, 0.4) is 0 Å². The number of phenolic OH excluding ortho intramolecular Hbond substituents is 1. The van der Waals surface area contributed by atoms with Crippen LogP contribution < -0.4 is 0 Å². The molecule has 1 aliphatic heterocycles. The summed E-state index contributed by atoms with van der Waals surface area (Å²) in [6.07, 6.45) is -5.80. The number of rotatable bonds is 5. The molecule has 158 valence electrons. The van der Waals surface area contributed by atoms with Crippen molar-refractivity contribution < 1.29 is 39.4 Å². The van der Waals surface area contributed by atoms with Crippen LogP contribution in [0, 0.1) is 5.82 Å². The number of benzene rings is 2. The van der Waals surface area contributed by atoms with Gasteiger partial charge in [-0.15, -0.1) is 0 Å². The Morgan fingerprint density at radius 2 is 1.86 bits per heavy atom. The maximum Gasteiger partial charge on any atom is 0.224 e. The van der Waals surface area contributed by atoms with E-state index in [0.29, 0.717) is 16.1 Å². The molecule has 2 aromatic carbocycles. The lowest BCUT2D eigenvalue weighted by molar-refractivity contribution is -0.366. The quantitative estimate of drug-likeness (QED) is 0.483. The maximum atomic E-state index is 13.7. The van der Waals surface area contributed by atoms with Gasteiger partial charge in [-0.3, -0.25) is 0 Å². The van der Waals surface area contributed by atoms with E-state index in [1.165, 1.54) is 31.4 Å². The Morgan fingerprint density at radius 1 is 1.14 bits per heavy atom. The SMILES string of the molecule is CO[C@@]1(c2ccc(Cl)c(Cc3ccc(O)c(F)c3)c2)O[C@H](CO)[C@@H](O)[C@H](O)[C@H]1O. The predicted molar refractivity (Wildman–Crippen MR) is 101 cm³/mol. The summed E-state index contributed by atoms with van der Waals surface area (Å²) in [4.78, 5) is 0. The van der Waals surface area contributed by atoms with Gasteiger partial charge in [0, 0.05) is 17.7 Å². The van der Waals surface area contributed by atoms with Gasteiger partial charge in [0.05, 0.1) is 6.61 Å². The highest BCUT2D eigenvalue weighted by Crippen LogP contribution is 2.40. The molecule has 0 amide bonds. The first-order valence-corrected chi connectivity index (χ1v) is 9.25. The Bertz CT molecular complexity index is 878. The molecule has 0 radical (unpaired) electrons. The Labute approximate surface area is 171 Å². The van der Waals surface area contributed by atoms with Crippen molar-refractivity contribution in [3.63, 3.8) is 0 Å². The van der Waals surface area contributed by atoms with E-state index >= 15 is 0 Å². The number of phenols is 1. The lowest BCUT2D eigenvalue weighted by Gasteiger charge is -2.47. The first-order chi connectivity index (χ1) is 13.7. The molecule has 29 heavy (non-hydrogen) atoms. The van der Waals surface area contributed by atoms with E-state index in [9.17, 15) is 29.9 Å². The van der Waals surface area contributed by atoms with Crippen LogP contribution in [-0.4, -0.2) is 63.7 Å². The fourth-order valence-corrected chi connectivity index (χ4v) is 3.66. The average molecular weight is 429 g/mol. The highest BCUT2D eigenvalue weighted by molar-refractivity contribution is 6.31. The number of hydrogen-bond donors (Lipinski definition) is 5. The lowest BCUT2D eigenvalue weighted by atomic mass is 9.87. The molecule has 1 fully saturated rings. The monoisotopic (exact) mass is 428 g/mol. The summed E-state index contributed by atoms with van der Waals surface area (Å²) < 4.78 is 24.7. The molecule has 0 aliphatic carbocycles. The number of ether oxygens (including phenoxy) is 2. The van der Waals surface area contributed by atoms with Gasteiger partial charge < -0.3 is 35.0 Å². The van der Waals surface area contributed by atoms with E-state index in [1.807, 2.05) is 0 Å². The van der Waals surface area contributed by atoms with Crippen molar-refractivity contribution in [2.75, 3.05) is 13.7 Å². The zero-order chi connectivity index (χ0) is 21.3. The van der Waals surface area contributed by atoms with Gasteiger partial charge in [0.25, 0.3) is 0 Å². The summed E-state index contributed by atoms with van der Waals surface area (Å²) in [5, 5.41) is 50.0. The van der Waals surface area contributed by atoms with Crippen molar-refractivity contribution >= 4 is 11.6 Å². The Hall–Kier alpha value is -1.78.